The maximum Gasteiger partial charge on any atom is 0.159 e. The van der Waals surface area contributed by atoms with E-state index in [1.54, 1.807) is 0 Å². The van der Waals surface area contributed by atoms with E-state index in [1.165, 1.54) is 54.1 Å². The van der Waals surface area contributed by atoms with Crippen molar-refractivity contribution in [2.45, 2.75) is 0 Å². The Morgan fingerprint density at radius 1 is 0.373 bits per heavy atom. The molecule has 0 aliphatic heterocycles. The monoisotopic (exact) mass is 650 g/mol. The maximum absolute atomic E-state index is 6.75. The Hall–Kier alpha value is -6.84. The second kappa shape index (κ2) is 10.8. The predicted octanol–water partition coefficient (Wildman–Crippen LogP) is 13.6. The smallest absolute Gasteiger partial charge is 0.159 e. The third kappa shape index (κ3) is 4.12. The van der Waals surface area contributed by atoms with Gasteiger partial charge in [0.05, 0.1) is 22.4 Å². The number of benzene rings is 9. The van der Waals surface area contributed by atoms with Crippen molar-refractivity contribution < 1.29 is 4.42 Å². The van der Waals surface area contributed by atoms with Crippen molar-refractivity contribution in [2.75, 3.05) is 4.90 Å². The summed E-state index contributed by atoms with van der Waals surface area (Å²) >= 11 is 0. The molecule has 0 radical (unpaired) electrons. The largest absolute Gasteiger partial charge is 0.454 e. The van der Waals surface area contributed by atoms with Gasteiger partial charge in [0.1, 0.15) is 5.58 Å². The van der Waals surface area contributed by atoms with Gasteiger partial charge in [-0.15, -0.1) is 0 Å². The Balaban J connectivity index is 1.28. The van der Waals surface area contributed by atoms with E-state index in [1.807, 2.05) is 6.07 Å². The van der Waals surface area contributed by atoms with Crippen molar-refractivity contribution in [1.29, 1.82) is 0 Å². The molecule has 0 atom stereocenters. The lowest BCUT2D eigenvalue weighted by Crippen LogP contribution is -2.11. The third-order valence-corrected chi connectivity index (χ3v) is 10.5. The molecule has 2 heterocycles. The molecule has 9 aromatic carbocycles. The van der Waals surface area contributed by atoms with Crippen molar-refractivity contribution >= 4 is 93.1 Å². The van der Waals surface area contributed by atoms with Gasteiger partial charge in [-0.05, 0) is 81.5 Å². The van der Waals surface area contributed by atoms with Gasteiger partial charge < -0.3 is 13.9 Å². The van der Waals surface area contributed by atoms with Crippen LogP contribution in [0, 0.1) is 0 Å². The Bertz CT molecular complexity index is 3150. The summed E-state index contributed by atoms with van der Waals surface area (Å²) in [5.74, 6) is 0. The zero-order valence-electron chi connectivity index (χ0n) is 27.6. The predicted molar refractivity (Wildman–Crippen MR) is 215 cm³/mol. The van der Waals surface area contributed by atoms with Crippen LogP contribution in [0.3, 0.4) is 0 Å². The molecule has 3 heteroatoms. The highest BCUT2D eigenvalue weighted by Crippen LogP contribution is 2.48. The molecule has 0 N–H and O–H groups in total. The van der Waals surface area contributed by atoms with Gasteiger partial charge in [0, 0.05) is 38.3 Å². The average Bonchev–Trinajstić information content (AvgIpc) is 3.74. The van der Waals surface area contributed by atoms with Crippen LogP contribution in [0.5, 0.6) is 0 Å². The summed E-state index contributed by atoms with van der Waals surface area (Å²) < 4.78 is 9.12. The third-order valence-electron chi connectivity index (χ3n) is 10.5. The van der Waals surface area contributed by atoms with Crippen LogP contribution in [-0.4, -0.2) is 4.57 Å². The summed E-state index contributed by atoms with van der Waals surface area (Å²) in [6.45, 7) is 0. The summed E-state index contributed by atoms with van der Waals surface area (Å²) in [4.78, 5) is 2.42. The number of furan rings is 1. The van der Waals surface area contributed by atoms with E-state index in [0.29, 0.717) is 0 Å². The van der Waals surface area contributed by atoms with E-state index in [4.69, 9.17) is 4.42 Å². The minimum Gasteiger partial charge on any atom is -0.454 e. The lowest BCUT2D eigenvalue weighted by atomic mass is 9.95. The summed E-state index contributed by atoms with van der Waals surface area (Å²) in [5, 5.41) is 12.0. The molecule has 0 unspecified atom stereocenters. The zero-order chi connectivity index (χ0) is 33.5. The average molecular weight is 651 g/mol. The highest BCUT2D eigenvalue weighted by Gasteiger charge is 2.23. The molecule has 2 aromatic heterocycles. The first-order valence-electron chi connectivity index (χ1n) is 17.4. The Labute approximate surface area is 293 Å². The van der Waals surface area contributed by atoms with Crippen molar-refractivity contribution in [3.05, 3.63) is 182 Å². The lowest BCUT2D eigenvalue weighted by molar-refractivity contribution is 0.669. The van der Waals surface area contributed by atoms with Crippen molar-refractivity contribution in [3.63, 3.8) is 0 Å². The van der Waals surface area contributed by atoms with Gasteiger partial charge in [-0.2, -0.15) is 0 Å². The number of hydrogen-bond acceptors (Lipinski definition) is 2. The van der Waals surface area contributed by atoms with Crippen LogP contribution in [0.1, 0.15) is 0 Å². The number of nitrogens with zero attached hydrogens (tertiary/aromatic N) is 2. The summed E-state index contributed by atoms with van der Waals surface area (Å²) in [6, 6.07) is 65.6. The van der Waals surface area contributed by atoms with Crippen molar-refractivity contribution in [1.82, 2.24) is 4.57 Å². The topological polar surface area (TPSA) is 21.3 Å². The Morgan fingerprint density at radius 2 is 1.04 bits per heavy atom. The van der Waals surface area contributed by atoms with E-state index >= 15 is 0 Å². The van der Waals surface area contributed by atoms with Gasteiger partial charge in [0.2, 0.25) is 0 Å². The van der Waals surface area contributed by atoms with Crippen LogP contribution in [-0.2, 0) is 0 Å². The molecule has 0 aliphatic rings. The molecule has 51 heavy (non-hydrogen) atoms. The SMILES string of the molecule is c1ccc(-n2c3ccccc3c3cc(N(c4cc5c6ccccc6ccc5c5ccccc45)c4cccc5c4oc4ccccc45)ccc32)cc1. The first-order valence-corrected chi connectivity index (χ1v) is 17.4. The first-order chi connectivity index (χ1) is 25.3. The molecule has 0 fully saturated rings. The molecule has 0 saturated carbocycles. The first kappa shape index (κ1) is 28.0. The fourth-order valence-electron chi connectivity index (χ4n) is 8.30. The van der Waals surface area contributed by atoms with Crippen LogP contribution < -0.4 is 4.90 Å². The van der Waals surface area contributed by atoms with E-state index < -0.39 is 0 Å². The van der Waals surface area contributed by atoms with Crippen LogP contribution >= 0.6 is 0 Å². The van der Waals surface area contributed by atoms with Crippen LogP contribution in [0.2, 0.25) is 0 Å². The standard InChI is InChI=1S/C48H30N2O/c1-2-14-32(15-3-1)49-43-22-10-8-19-38(43)42-29-33(26-28-44(42)49)50(45-23-12-21-40-39-20-9-11-24-47(39)51-48(40)45)46-30-41-34-16-5-4-13-31(34)25-27-36(41)35-17-6-7-18-37(35)46/h1-30H. The molecule has 0 spiro atoms. The Kier molecular flexibility index (Phi) is 5.96. The number of para-hydroxylation sites is 4. The second-order valence-electron chi connectivity index (χ2n) is 13.3. The molecule has 0 saturated heterocycles. The molecule has 11 rings (SSSR count). The van der Waals surface area contributed by atoms with E-state index in [-0.39, 0.29) is 0 Å². The molecule has 0 aliphatic carbocycles. The number of rotatable bonds is 4. The number of hydrogen-bond donors (Lipinski definition) is 0. The Morgan fingerprint density at radius 3 is 1.92 bits per heavy atom. The summed E-state index contributed by atoms with van der Waals surface area (Å²) in [7, 11) is 0. The number of anilines is 3. The highest BCUT2D eigenvalue weighted by atomic mass is 16.3. The minimum absolute atomic E-state index is 0.868. The van der Waals surface area contributed by atoms with E-state index in [9.17, 15) is 0 Å². The molecule has 238 valence electrons. The molecule has 11 aromatic rings. The lowest BCUT2D eigenvalue weighted by Gasteiger charge is -2.28. The summed E-state index contributed by atoms with van der Waals surface area (Å²) in [5.41, 5.74) is 8.42. The zero-order valence-corrected chi connectivity index (χ0v) is 27.6. The number of aromatic nitrogens is 1. The van der Waals surface area contributed by atoms with E-state index in [2.05, 4.69) is 185 Å². The van der Waals surface area contributed by atoms with Crippen molar-refractivity contribution in [2.24, 2.45) is 0 Å². The fourth-order valence-corrected chi connectivity index (χ4v) is 8.30. The molecule has 0 amide bonds. The number of fused-ring (bicyclic) bond motifs is 11. The van der Waals surface area contributed by atoms with Gasteiger partial charge in [0.15, 0.2) is 5.58 Å². The summed E-state index contributed by atoms with van der Waals surface area (Å²) in [6.07, 6.45) is 0. The van der Waals surface area contributed by atoms with Gasteiger partial charge in [0.25, 0.3) is 0 Å². The van der Waals surface area contributed by atoms with Gasteiger partial charge in [-0.3, -0.25) is 0 Å². The highest BCUT2D eigenvalue weighted by molar-refractivity contribution is 6.22. The maximum atomic E-state index is 6.75. The second-order valence-corrected chi connectivity index (χ2v) is 13.3. The van der Waals surface area contributed by atoms with Gasteiger partial charge >= 0.3 is 0 Å². The van der Waals surface area contributed by atoms with Gasteiger partial charge in [-0.1, -0.05) is 127 Å². The van der Waals surface area contributed by atoms with Crippen LogP contribution in [0.4, 0.5) is 17.1 Å². The minimum atomic E-state index is 0.868. The van der Waals surface area contributed by atoms with Gasteiger partial charge in [-0.25, -0.2) is 0 Å². The fraction of sp³-hybridized carbons (Fsp3) is 0. The molecular formula is C48H30N2O. The molecule has 3 nitrogen and oxygen atoms in total. The molecular weight excluding hydrogens is 621 g/mol. The molecule has 0 bridgehead atoms. The van der Waals surface area contributed by atoms with Crippen LogP contribution in [0.25, 0.3) is 81.7 Å². The van der Waals surface area contributed by atoms with Crippen molar-refractivity contribution in [3.8, 4) is 5.69 Å². The quantitative estimate of drug-likeness (QED) is 0.177. The normalized spacial score (nSPS) is 11.9. The van der Waals surface area contributed by atoms with Crippen LogP contribution in [0.15, 0.2) is 186 Å². The van der Waals surface area contributed by atoms with E-state index in [0.717, 1.165) is 44.7 Å².